The molecule has 0 saturated carbocycles. The van der Waals surface area contributed by atoms with Crippen molar-refractivity contribution in [3.63, 3.8) is 0 Å². The molecule has 2 rings (SSSR count). The minimum Gasteiger partial charge on any atom is -0.492 e. The van der Waals surface area contributed by atoms with Crippen LogP contribution in [0.1, 0.15) is 44.7 Å². The van der Waals surface area contributed by atoms with Crippen LogP contribution in [-0.4, -0.2) is 35.9 Å². The monoisotopic (exact) mass is 349 g/mol. The second-order valence-corrected chi connectivity index (χ2v) is 7.41. The molecule has 0 radical (unpaired) electrons. The van der Waals surface area contributed by atoms with Gasteiger partial charge in [0.2, 0.25) is 0 Å². The van der Waals surface area contributed by atoms with E-state index in [-0.39, 0.29) is 12.3 Å². The molecule has 1 amide bonds. The maximum atomic E-state index is 11.5. The number of hydrogen-bond donors (Lipinski definition) is 2. The molecule has 0 aliphatic heterocycles. The van der Waals surface area contributed by atoms with Gasteiger partial charge in [-0.2, -0.15) is 0 Å². The highest BCUT2D eigenvalue weighted by molar-refractivity contribution is 5.67. The third kappa shape index (κ3) is 6.64. The van der Waals surface area contributed by atoms with E-state index in [1.165, 1.54) is 11.1 Å². The molecule has 0 saturated heterocycles. The van der Waals surface area contributed by atoms with Crippen LogP contribution in [-0.2, 0) is 22.4 Å². The zero-order valence-corrected chi connectivity index (χ0v) is 15.1. The highest BCUT2D eigenvalue weighted by Gasteiger charge is 2.21. The number of aliphatic carboxylic acids is 1. The van der Waals surface area contributed by atoms with Gasteiger partial charge in [-0.25, -0.2) is 4.79 Å². The van der Waals surface area contributed by atoms with Crippen molar-refractivity contribution in [2.45, 2.75) is 52.1 Å². The zero-order chi connectivity index (χ0) is 18.4. The molecule has 6 nitrogen and oxygen atoms in total. The fourth-order valence-electron chi connectivity index (χ4n) is 2.95. The van der Waals surface area contributed by atoms with E-state index < -0.39 is 17.7 Å². The molecule has 0 spiro atoms. The highest BCUT2D eigenvalue weighted by atomic mass is 16.6. The number of alkyl carbamates (subject to hydrolysis) is 1. The number of hydrogen-bond acceptors (Lipinski definition) is 4. The largest absolute Gasteiger partial charge is 0.492 e. The predicted octanol–water partition coefficient (Wildman–Crippen LogP) is 3.17. The first kappa shape index (κ1) is 19.1. The minimum atomic E-state index is -0.731. The number of carbonyl (C=O) groups is 2. The average molecular weight is 349 g/mol. The van der Waals surface area contributed by atoms with Crippen LogP contribution in [0.4, 0.5) is 4.79 Å². The Labute approximate surface area is 148 Å². The Hall–Kier alpha value is -2.24. The number of benzene rings is 1. The second-order valence-electron chi connectivity index (χ2n) is 7.41. The molecule has 138 valence electrons. The van der Waals surface area contributed by atoms with Gasteiger partial charge in [0.05, 0.1) is 6.54 Å². The van der Waals surface area contributed by atoms with Crippen LogP contribution in [0.5, 0.6) is 5.75 Å². The maximum absolute atomic E-state index is 11.5. The van der Waals surface area contributed by atoms with E-state index >= 15 is 0 Å². The lowest BCUT2D eigenvalue weighted by molar-refractivity contribution is -0.138. The summed E-state index contributed by atoms with van der Waals surface area (Å²) in [5.41, 5.74) is 1.91. The summed E-state index contributed by atoms with van der Waals surface area (Å²) in [6.07, 6.45) is 2.35. The summed E-state index contributed by atoms with van der Waals surface area (Å²) in [7, 11) is 0. The Morgan fingerprint density at radius 2 is 2.04 bits per heavy atom. The van der Waals surface area contributed by atoms with Crippen LogP contribution in [0.3, 0.4) is 0 Å². The zero-order valence-electron chi connectivity index (χ0n) is 15.1. The number of amides is 1. The van der Waals surface area contributed by atoms with Crippen molar-refractivity contribution < 1.29 is 24.2 Å². The lowest BCUT2D eigenvalue weighted by Gasteiger charge is -2.24. The number of aryl methyl sites for hydroxylation is 1. The summed E-state index contributed by atoms with van der Waals surface area (Å²) in [5, 5.41) is 11.6. The molecule has 0 fully saturated rings. The first-order valence-electron chi connectivity index (χ1n) is 8.66. The summed E-state index contributed by atoms with van der Waals surface area (Å²) < 4.78 is 10.8. The van der Waals surface area contributed by atoms with Crippen molar-refractivity contribution in [3.8, 4) is 5.75 Å². The van der Waals surface area contributed by atoms with E-state index in [0.717, 1.165) is 25.0 Å². The number of nitrogens with one attached hydrogen (secondary N) is 1. The average Bonchev–Trinajstić information content (AvgIpc) is 2.49. The van der Waals surface area contributed by atoms with Crippen molar-refractivity contribution in [1.82, 2.24) is 5.32 Å². The van der Waals surface area contributed by atoms with Gasteiger partial charge in [-0.3, -0.25) is 4.79 Å². The third-order valence-corrected chi connectivity index (χ3v) is 4.01. The smallest absolute Gasteiger partial charge is 0.407 e. The van der Waals surface area contributed by atoms with Gasteiger partial charge in [0, 0.05) is 6.42 Å². The van der Waals surface area contributed by atoms with Gasteiger partial charge in [0.25, 0.3) is 0 Å². The van der Waals surface area contributed by atoms with Crippen LogP contribution >= 0.6 is 0 Å². The lowest BCUT2D eigenvalue weighted by Crippen LogP contribution is -2.34. The molecule has 6 heteroatoms. The molecule has 0 aromatic heterocycles. The quantitative estimate of drug-likeness (QED) is 0.771. The van der Waals surface area contributed by atoms with Crippen LogP contribution in [0.25, 0.3) is 0 Å². The number of rotatable bonds is 6. The van der Waals surface area contributed by atoms with Crippen molar-refractivity contribution >= 4 is 12.1 Å². The number of carbonyl (C=O) groups excluding carboxylic acids is 1. The van der Waals surface area contributed by atoms with E-state index in [0.29, 0.717) is 13.2 Å². The Morgan fingerprint density at radius 3 is 2.72 bits per heavy atom. The molecule has 25 heavy (non-hydrogen) atoms. The lowest BCUT2D eigenvalue weighted by atomic mass is 9.82. The molecular formula is C19H27NO5. The van der Waals surface area contributed by atoms with E-state index in [9.17, 15) is 9.59 Å². The fourth-order valence-corrected chi connectivity index (χ4v) is 2.95. The molecule has 1 unspecified atom stereocenters. The first-order valence-corrected chi connectivity index (χ1v) is 8.66. The van der Waals surface area contributed by atoms with Crippen LogP contribution in [0.15, 0.2) is 18.2 Å². The molecular weight excluding hydrogens is 322 g/mol. The first-order chi connectivity index (χ1) is 11.7. The number of carboxylic acid groups (broad SMARTS) is 1. The van der Waals surface area contributed by atoms with E-state index in [1.807, 2.05) is 39.0 Å². The Kier molecular flexibility index (Phi) is 6.28. The second kappa shape index (κ2) is 8.23. The van der Waals surface area contributed by atoms with E-state index in [4.69, 9.17) is 14.6 Å². The molecule has 1 aliphatic carbocycles. The SMILES string of the molecule is CC(C)(C)OC(=O)NCCOc1ccc2c(c1)CCC(CC(=O)O)C2. The summed E-state index contributed by atoms with van der Waals surface area (Å²) >= 11 is 0. The molecule has 2 N–H and O–H groups in total. The van der Waals surface area contributed by atoms with Crippen LogP contribution < -0.4 is 10.1 Å². The van der Waals surface area contributed by atoms with Crippen molar-refractivity contribution in [2.24, 2.45) is 5.92 Å². The van der Waals surface area contributed by atoms with Crippen LogP contribution in [0.2, 0.25) is 0 Å². The van der Waals surface area contributed by atoms with Crippen molar-refractivity contribution in [1.29, 1.82) is 0 Å². The number of fused-ring (bicyclic) bond motifs is 1. The van der Waals surface area contributed by atoms with Gasteiger partial charge >= 0.3 is 12.1 Å². The number of carboxylic acids is 1. The summed E-state index contributed by atoms with van der Waals surface area (Å²) in [6.45, 7) is 6.18. The summed E-state index contributed by atoms with van der Waals surface area (Å²) in [6, 6.07) is 5.93. The van der Waals surface area contributed by atoms with Gasteiger partial charge < -0.3 is 19.9 Å². The van der Waals surface area contributed by atoms with Crippen molar-refractivity contribution in [2.75, 3.05) is 13.2 Å². The fraction of sp³-hybridized carbons (Fsp3) is 0.579. The Morgan fingerprint density at radius 1 is 1.28 bits per heavy atom. The summed E-state index contributed by atoms with van der Waals surface area (Å²) in [4.78, 5) is 22.4. The van der Waals surface area contributed by atoms with E-state index in [2.05, 4.69) is 5.32 Å². The Balaban J connectivity index is 1.77. The van der Waals surface area contributed by atoms with E-state index in [1.54, 1.807) is 0 Å². The highest BCUT2D eigenvalue weighted by Crippen LogP contribution is 2.30. The molecule has 0 bridgehead atoms. The standard InChI is InChI=1S/C19H27NO5/c1-19(2,3)25-18(23)20-8-9-24-16-7-6-14-10-13(11-17(21)22)4-5-15(14)12-16/h6-7,12-13H,4-5,8-11H2,1-3H3,(H,20,23)(H,21,22). The van der Waals surface area contributed by atoms with Crippen molar-refractivity contribution in [3.05, 3.63) is 29.3 Å². The number of ether oxygens (including phenoxy) is 2. The third-order valence-electron chi connectivity index (χ3n) is 4.01. The summed E-state index contributed by atoms with van der Waals surface area (Å²) in [5.74, 6) is 0.252. The Bertz CT molecular complexity index is 621. The molecule has 1 aliphatic rings. The van der Waals surface area contributed by atoms with Gasteiger partial charge in [0.15, 0.2) is 0 Å². The van der Waals surface area contributed by atoms with Gasteiger partial charge in [-0.05, 0) is 69.2 Å². The van der Waals surface area contributed by atoms with Crippen LogP contribution in [0, 0.1) is 5.92 Å². The molecule has 1 aromatic rings. The topological polar surface area (TPSA) is 84.9 Å². The predicted molar refractivity (Wildman–Crippen MR) is 93.9 cm³/mol. The molecule has 1 atom stereocenters. The minimum absolute atomic E-state index is 0.217. The molecule has 1 aromatic carbocycles. The van der Waals surface area contributed by atoms with Gasteiger partial charge in [-0.1, -0.05) is 6.07 Å². The molecule has 0 heterocycles. The van der Waals surface area contributed by atoms with Gasteiger partial charge in [-0.15, -0.1) is 0 Å². The van der Waals surface area contributed by atoms with Gasteiger partial charge in [0.1, 0.15) is 18.0 Å². The normalized spacial score (nSPS) is 16.7. The maximum Gasteiger partial charge on any atom is 0.407 e.